The van der Waals surface area contributed by atoms with Crippen molar-refractivity contribution in [2.24, 2.45) is 0 Å². The van der Waals surface area contributed by atoms with E-state index in [1.165, 1.54) is 6.07 Å². The molecular formula is C16H19N3O2. The number of hydrogen-bond donors (Lipinski definition) is 2. The molecule has 1 aromatic carbocycles. The minimum Gasteiger partial charge on any atom is -0.352 e. The zero-order chi connectivity index (χ0) is 15.4. The first-order chi connectivity index (χ1) is 9.95. The second-order valence-electron chi connectivity index (χ2n) is 5.16. The van der Waals surface area contributed by atoms with E-state index in [1.54, 1.807) is 6.92 Å². The zero-order valence-electron chi connectivity index (χ0n) is 12.5. The van der Waals surface area contributed by atoms with Gasteiger partial charge in [-0.1, -0.05) is 17.7 Å². The molecule has 0 aliphatic carbocycles. The van der Waals surface area contributed by atoms with Gasteiger partial charge in [-0.25, -0.2) is 4.98 Å². The van der Waals surface area contributed by atoms with Gasteiger partial charge in [0.05, 0.1) is 0 Å². The summed E-state index contributed by atoms with van der Waals surface area (Å²) in [6, 6.07) is 7.17. The summed E-state index contributed by atoms with van der Waals surface area (Å²) in [5.41, 5.74) is 3.26. The quantitative estimate of drug-likeness (QED) is 0.897. The van der Waals surface area contributed by atoms with Crippen LogP contribution in [0, 0.1) is 20.8 Å². The molecule has 0 saturated heterocycles. The Kier molecular flexibility index (Phi) is 4.52. The molecule has 2 N–H and O–H groups in total. The van der Waals surface area contributed by atoms with E-state index < -0.39 is 0 Å². The number of amides is 1. The first-order valence-corrected chi connectivity index (χ1v) is 6.88. The van der Waals surface area contributed by atoms with Crippen molar-refractivity contribution in [3.05, 3.63) is 62.8 Å². The van der Waals surface area contributed by atoms with Gasteiger partial charge in [0.15, 0.2) is 0 Å². The lowest BCUT2D eigenvalue weighted by atomic mass is 10.1. The van der Waals surface area contributed by atoms with E-state index in [2.05, 4.69) is 15.3 Å². The number of carbonyl (C=O) groups excluding carboxylic acids is 1. The second-order valence-corrected chi connectivity index (χ2v) is 5.16. The first kappa shape index (κ1) is 15.0. The van der Waals surface area contributed by atoms with Gasteiger partial charge < -0.3 is 10.3 Å². The Morgan fingerprint density at radius 3 is 2.67 bits per heavy atom. The summed E-state index contributed by atoms with van der Waals surface area (Å²) >= 11 is 0. The highest BCUT2D eigenvalue weighted by Gasteiger charge is 2.08. The molecule has 0 bridgehead atoms. The van der Waals surface area contributed by atoms with Crippen LogP contribution in [0.2, 0.25) is 0 Å². The third-order valence-electron chi connectivity index (χ3n) is 3.19. The molecule has 0 unspecified atom stereocenters. The number of nitrogens with one attached hydrogen (secondary N) is 2. The monoisotopic (exact) mass is 285 g/mol. The fraction of sp³-hybridized carbons (Fsp3) is 0.312. The largest absolute Gasteiger partial charge is 0.352 e. The molecule has 1 aromatic heterocycles. The fourth-order valence-corrected chi connectivity index (χ4v) is 2.22. The maximum Gasteiger partial charge on any atom is 0.251 e. The molecule has 0 aliphatic rings. The number of hydrogen-bond acceptors (Lipinski definition) is 3. The number of aromatic nitrogens is 2. The van der Waals surface area contributed by atoms with Gasteiger partial charge in [-0.05, 0) is 32.4 Å². The number of rotatable bonds is 4. The van der Waals surface area contributed by atoms with Gasteiger partial charge in [-0.2, -0.15) is 0 Å². The Morgan fingerprint density at radius 1 is 1.24 bits per heavy atom. The molecule has 21 heavy (non-hydrogen) atoms. The molecule has 0 aliphatic heterocycles. The predicted molar refractivity (Wildman–Crippen MR) is 81.5 cm³/mol. The Morgan fingerprint density at radius 2 is 2.00 bits per heavy atom. The van der Waals surface area contributed by atoms with Crippen LogP contribution < -0.4 is 10.9 Å². The molecule has 0 atom stereocenters. The maximum atomic E-state index is 12.1. The van der Waals surface area contributed by atoms with Crippen molar-refractivity contribution in [3.8, 4) is 0 Å². The van der Waals surface area contributed by atoms with E-state index >= 15 is 0 Å². The van der Waals surface area contributed by atoms with E-state index in [4.69, 9.17) is 0 Å². The van der Waals surface area contributed by atoms with Crippen molar-refractivity contribution in [3.63, 3.8) is 0 Å². The van der Waals surface area contributed by atoms with Crippen LogP contribution in [0.1, 0.15) is 33.0 Å². The third kappa shape index (κ3) is 4.02. The summed E-state index contributed by atoms with van der Waals surface area (Å²) in [7, 11) is 0. The molecule has 1 amide bonds. The average Bonchev–Trinajstić information content (AvgIpc) is 2.37. The van der Waals surface area contributed by atoms with Crippen molar-refractivity contribution in [2.45, 2.75) is 27.2 Å². The van der Waals surface area contributed by atoms with Crippen molar-refractivity contribution in [1.82, 2.24) is 15.3 Å². The molecule has 1 heterocycles. The van der Waals surface area contributed by atoms with Crippen LogP contribution in [0.15, 0.2) is 29.1 Å². The van der Waals surface area contributed by atoms with Crippen molar-refractivity contribution in [2.75, 3.05) is 6.54 Å². The Labute approximate surface area is 123 Å². The molecule has 2 aromatic rings. The molecule has 110 valence electrons. The highest BCUT2D eigenvalue weighted by atomic mass is 16.1. The zero-order valence-corrected chi connectivity index (χ0v) is 12.5. The molecular weight excluding hydrogens is 266 g/mol. The summed E-state index contributed by atoms with van der Waals surface area (Å²) in [5.74, 6) is 0.475. The van der Waals surface area contributed by atoms with Gasteiger partial charge >= 0.3 is 0 Å². The van der Waals surface area contributed by atoms with Gasteiger partial charge in [0.25, 0.3) is 11.5 Å². The van der Waals surface area contributed by atoms with Crippen LogP contribution >= 0.6 is 0 Å². The van der Waals surface area contributed by atoms with Gasteiger partial charge in [-0.15, -0.1) is 0 Å². The molecule has 0 radical (unpaired) electrons. The smallest absolute Gasteiger partial charge is 0.251 e. The van der Waals surface area contributed by atoms with Crippen LogP contribution in [0.3, 0.4) is 0 Å². The highest BCUT2D eigenvalue weighted by Crippen LogP contribution is 2.10. The van der Waals surface area contributed by atoms with Gasteiger partial charge in [0.1, 0.15) is 5.82 Å². The molecule has 0 saturated carbocycles. The number of carbonyl (C=O) groups is 1. The molecule has 5 heteroatoms. The van der Waals surface area contributed by atoms with Gasteiger partial charge in [-0.3, -0.25) is 9.59 Å². The lowest BCUT2D eigenvalue weighted by Gasteiger charge is -2.08. The van der Waals surface area contributed by atoms with Crippen LogP contribution in [0.5, 0.6) is 0 Å². The van der Waals surface area contributed by atoms with E-state index in [0.29, 0.717) is 30.0 Å². The third-order valence-corrected chi connectivity index (χ3v) is 3.19. The van der Waals surface area contributed by atoms with Crippen LogP contribution in [-0.4, -0.2) is 22.4 Å². The molecule has 5 nitrogen and oxygen atoms in total. The van der Waals surface area contributed by atoms with Crippen molar-refractivity contribution in [1.29, 1.82) is 0 Å². The number of benzene rings is 1. The Hall–Kier alpha value is -2.43. The minimum absolute atomic E-state index is 0.109. The summed E-state index contributed by atoms with van der Waals surface area (Å²) in [6.45, 7) is 6.11. The first-order valence-electron chi connectivity index (χ1n) is 6.88. The summed E-state index contributed by atoms with van der Waals surface area (Å²) in [4.78, 5) is 30.3. The molecule has 0 fully saturated rings. The van der Waals surface area contributed by atoms with Gasteiger partial charge in [0.2, 0.25) is 0 Å². The normalized spacial score (nSPS) is 10.4. The number of nitrogens with zero attached hydrogens (tertiary/aromatic N) is 1. The summed E-state index contributed by atoms with van der Waals surface area (Å²) in [5, 5.41) is 2.85. The lowest BCUT2D eigenvalue weighted by Crippen LogP contribution is -2.27. The van der Waals surface area contributed by atoms with E-state index in [9.17, 15) is 9.59 Å². The van der Waals surface area contributed by atoms with E-state index in [0.717, 1.165) is 11.1 Å². The number of aromatic amines is 1. The average molecular weight is 285 g/mol. The number of H-pyrrole nitrogens is 1. The van der Waals surface area contributed by atoms with Crippen LogP contribution in [0.4, 0.5) is 0 Å². The summed E-state index contributed by atoms with van der Waals surface area (Å²) < 4.78 is 0. The lowest BCUT2D eigenvalue weighted by molar-refractivity contribution is 0.0953. The van der Waals surface area contributed by atoms with E-state index in [1.807, 2.05) is 32.0 Å². The fourth-order valence-electron chi connectivity index (χ4n) is 2.22. The van der Waals surface area contributed by atoms with Crippen LogP contribution in [0.25, 0.3) is 0 Å². The van der Waals surface area contributed by atoms with Crippen molar-refractivity contribution >= 4 is 5.91 Å². The van der Waals surface area contributed by atoms with Crippen LogP contribution in [-0.2, 0) is 6.42 Å². The van der Waals surface area contributed by atoms with Crippen molar-refractivity contribution < 1.29 is 4.79 Å². The van der Waals surface area contributed by atoms with E-state index in [-0.39, 0.29) is 11.5 Å². The Balaban J connectivity index is 1.96. The maximum absolute atomic E-state index is 12.1. The standard InChI is InChI=1S/C16H19N3O2/c1-10-4-5-13(11(2)8-10)16(21)17-7-6-14-18-12(3)9-15(20)19-14/h4-5,8-9H,6-7H2,1-3H3,(H,17,21)(H,18,19,20). The highest BCUT2D eigenvalue weighted by molar-refractivity contribution is 5.95. The molecule has 0 spiro atoms. The second kappa shape index (κ2) is 6.35. The van der Waals surface area contributed by atoms with Gasteiger partial charge in [0, 0.05) is 30.3 Å². The topological polar surface area (TPSA) is 74.8 Å². The molecule has 2 rings (SSSR count). The summed E-state index contributed by atoms with van der Waals surface area (Å²) in [6.07, 6.45) is 0.494. The Bertz CT molecular complexity index is 720. The minimum atomic E-state index is -0.168. The number of aryl methyl sites for hydroxylation is 3. The predicted octanol–water partition coefficient (Wildman–Crippen LogP) is 1.67. The SMILES string of the molecule is Cc1ccc(C(=O)NCCc2nc(C)cc(=O)[nH]2)c(C)c1.